The highest BCUT2D eigenvalue weighted by atomic mass is 16.5. The average Bonchev–Trinajstić information content (AvgIpc) is 2.54. The van der Waals surface area contributed by atoms with E-state index in [1.165, 1.54) is 19.1 Å². The Labute approximate surface area is 124 Å². The largest absolute Gasteiger partial charge is 0.497 e. The van der Waals surface area contributed by atoms with Crippen LogP contribution in [0.5, 0.6) is 5.75 Å². The number of carbonyl (C=O) groups is 2. The first-order valence-electron chi connectivity index (χ1n) is 6.73. The minimum absolute atomic E-state index is 0.0138. The molecule has 0 aliphatic carbocycles. The standard InChI is InChI=1S/C15H21NO5/c1-20-13-6-3-5-12(11-13)15(19)16(8-4-10-17)9-7-14(18)21-2/h3,5-6,11,17H,4,7-10H2,1-2H3. The van der Waals surface area contributed by atoms with Crippen LogP contribution in [0.3, 0.4) is 0 Å². The minimum atomic E-state index is -0.373. The van der Waals surface area contributed by atoms with Gasteiger partial charge in [0.2, 0.25) is 0 Å². The molecule has 0 radical (unpaired) electrons. The van der Waals surface area contributed by atoms with Crippen molar-refractivity contribution in [1.82, 2.24) is 4.90 Å². The molecule has 1 aromatic carbocycles. The van der Waals surface area contributed by atoms with E-state index >= 15 is 0 Å². The molecule has 1 amide bonds. The first-order valence-corrected chi connectivity index (χ1v) is 6.73. The van der Waals surface area contributed by atoms with Crippen LogP contribution in [0.15, 0.2) is 24.3 Å². The van der Waals surface area contributed by atoms with Gasteiger partial charge in [-0.1, -0.05) is 6.07 Å². The number of hydrogen-bond acceptors (Lipinski definition) is 5. The van der Waals surface area contributed by atoms with Gasteiger partial charge in [0.1, 0.15) is 5.75 Å². The van der Waals surface area contributed by atoms with E-state index in [1.54, 1.807) is 24.3 Å². The Balaban J connectivity index is 2.79. The van der Waals surface area contributed by atoms with Crippen molar-refractivity contribution in [3.8, 4) is 5.75 Å². The first-order chi connectivity index (χ1) is 10.1. The van der Waals surface area contributed by atoms with Gasteiger partial charge >= 0.3 is 5.97 Å². The van der Waals surface area contributed by atoms with Gasteiger partial charge in [-0.25, -0.2) is 0 Å². The number of aliphatic hydroxyl groups is 1. The number of ether oxygens (including phenoxy) is 2. The van der Waals surface area contributed by atoms with E-state index in [-0.39, 0.29) is 31.4 Å². The first kappa shape index (κ1) is 17.0. The van der Waals surface area contributed by atoms with Gasteiger partial charge in [-0.3, -0.25) is 9.59 Å². The number of hydrogen-bond donors (Lipinski definition) is 1. The Morgan fingerprint density at radius 1 is 1.24 bits per heavy atom. The Morgan fingerprint density at radius 3 is 2.62 bits per heavy atom. The average molecular weight is 295 g/mol. The molecule has 6 nitrogen and oxygen atoms in total. The van der Waals surface area contributed by atoms with Crippen molar-refractivity contribution in [2.75, 3.05) is 33.9 Å². The van der Waals surface area contributed by atoms with Crippen molar-refractivity contribution in [2.45, 2.75) is 12.8 Å². The Hall–Kier alpha value is -2.08. The molecule has 0 heterocycles. The van der Waals surface area contributed by atoms with Crippen LogP contribution in [-0.4, -0.2) is 55.8 Å². The quantitative estimate of drug-likeness (QED) is 0.726. The molecule has 0 bridgehead atoms. The number of aliphatic hydroxyl groups excluding tert-OH is 1. The second-order valence-corrected chi connectivity index (χ2v) is 4.43. The van der Waals surface area contributed by atoms with E-state index in [0.29, 0.717) is 24.3 Å². The van der Waals surface area contributed by atoms with Gasteiger partial charge in [-0.2, -0.15) is 0 Å². The summed E-state index contributed by atoms with van der Waals surface area (Å²) in [4.78, 5) is 25.2. The zero-order valence-electron chi connectivity index (χ0n) is 12.4. The fourth-order valence-corrected chi connectivity index (χ4v) is 1.84. The van der Waals surface area contributed by atoms with Crippen LogP contribution in [0, 0.1) is 0 Å². The fraction of sp³-hybridized carbons (Fsp3) is 0.467. The third-order valence-corrected chi connectivity index (χ3v) is 3.00. The van der Waals surface area contributed by atoms with Crippen molar-refractivity contribution < 1.29 is 24.2 Å². The third-order valence-electron chi connectivity index (χ3n) is 3.00. The normalized spacial score (nSPS) is 10.0. The van der Waals surface area contributed by atoms with E-state index in [4.69, 9.17) is 9.84 Å². The van der Waals surface area contributed by atoms with E-state index in [2.05, 4.69) is 4.74 Å². The number of benzene rings is 1. The van der Waals surface area contributed by atoms with Gasteiger partial charge in [0, 0.05) is 25.3 Å². The molecule has 0 atom stereocenters. The van der Waals surface area contributed by atoms with Crippen LogP contribution < -0.4 is 4.74 Å². The van der Waals surface area contributed by atoms with Gasteiger partial charge in [0.25, 0.3) is 5.91 Å². The number of amides is 1. The summed E-state index contributed by atoms with van der Waals surface area (Å²) in [6.07, 6.45) is 0.578. The van der Waals surface area contributed by atoms with Crippen molar-refractivity contribution >= 4 is 11.9 Å². The van der Waals surface area contributed by atoms with Gasteiger partial charge in [0.15, 0.2) is 0 Å². The summed E-state index contributed by atoms with van der Waals surface area (Å²) in [7, 11) is 2.84. The molecule has 0 fully saturated rings. The summed E-state index contributed by atoms with van der Waals surface area (Å²) in [5.41, 5.74) is 0.483. The summed E-state index contributed by atoms with van der Waals surface area (Å²) in [6, 6.07) is 6.82. The highest BCUT2D eigenvalue weighted by molar-refractivity contribution is 5.94. The summed E-state index contributed by atoms with van der Waals surface area (Å²) in [5, 5.41) is 8.92. The van der Waals surface area contributed by atoms with E-state index in [9.17, 15) is 9.59 Å². The van der Waals surface area contributed by atoms with Crippen LogP contribution in [0.25, 0.3) is 0 Å². The molecule has 0 aliphatic rings. The number of nitrogens with zero attached hydrogens (tertiary/aromatic N) is 1. The Kier molecular flexibility index (Phi) is 7.25. The zero-order chi connectivity index (χ0) is 15.7. The van der Waals surface area contributed by atoms with Crippen LogP contribution in [0.4, 0.5) is 0 Å². The monoisotopic (exact) mass is 295 g/mol. The molecule has 0 spiro atoms. The lowest BCUT2D eigenvalue weighted by atomic mass is 10.1. The lowest BCUT2D eigenvalue weighted by Crippen LogP contribution is -2.34. The van der Waals surface area contributed by atoms with Crippen LogP contribution in [-0.2, 0) is 9.53 Å². The lowest BCUT2D eigenvalue weighted by Gasteiger charge is -2.22. The summed E-state index contributed by atoms with van der Waals surface area (Å²) >= 11 is 0. The number of esters is 1. The maximum atomic E-state index is 12.5. The zero-order valence-corrected chi connectivity index (χ0v) is 12.4. The SMILES string of the molecule is COC(=O)CCN(CCCO)C(=O)c1cccc(OC)c1. The maximum absolute atomic E-state index is 12.5. The Morgan fingerprint density at radius 2 is 2.00 bits per heavy atom. The molecule has 6 heteroatoms. The lowest BCUT2D eigenvalue weighted by molar-refractivity contribution is -0.140. The minimum Gasteiger partial charge on any atom is -0.497 e. The highest BCUT2D eigenvalue weighted by Gasteiger charge is 2.17. The number of rotatable bonds is 8. The van der Waals surface area contributed by atoms with Crippen LogP contribution >= 0.6 is 0 Å². The Bertz CT molecular complexity index is 475. The predicted octanol–water partition coefficient (Wildman–Crippen LogP) is 1.08. The van der Waals surface area contributed by atoms with Crippen molar-refractivity contribution in [1.29, 1.82) is 0 Å². The number of carbonyl (C=O) groups excluding carboxylic acids is 2. The fourth-order valence-electron chi connectivity index (χ4n) is 1.84. The number of methoxy groups -OCH3 is 2. The van der Waals surface area contributed by atoms with Crippen molar-refractivity contribution in [3.05, 3.63) is 29.8 Å². The predicted molar refractivity (Wildman–Crippen MR) is 77.2 cm³/mol. The van der Waals surface area contributed by atoms with E-state index < -0.39 is 0 Å². The van der Waals surface area contributed by atoms with Crippen molar-refractivity contribution in [2.24, 2.45) is 0 Å². The van der Waals surface area contributed by atoms with Crippen LogP contribution in [0.1, 0.15) is 23.2 Å². The van der Waals surface area contributed by atoms with E-state index in [1.807, 2.05) is 0 Å². The molecular formula is C15H21NO5. The van der Waals surface area contributed by atoms with Crippen molar-refractivity contribution in [3.63, 3.8) is 0 Å². The molecular weight excluding hydrogens is 274 g/mol. The maximum Gasteiger partial charge on any atom is 0.307 e. The molecule has 1 N–H and O–H groups in total. The van der Waals surface area contributed by atoms with Gasteiger partial charge in [-0.05, 0) is 24.6 Å². The highest BCUT2D eigenvalue weighted by Crippen LogP contribution is 2.15. The molecule has 0 saturated carbocycles. The smallest absolute Gasteiger partial charge is 0.307 e. The second-order valence-electron chi connectivity index (χ2n) is 4.43. The molecule has 0 aromatic heterocycles. The summed E-state index contributed by atoms with van der Waals surface area (Å²) in [6.45, 7) is 0.617. The molecule has 21 heavy (non-hydrogen) atoms. The molecule has 0 saturated heterocycles. The second kappa shape index (κ2) is 8.97. The topological polar surface area (TPSA) is 76.1 Å². The van der Waals surface area contributed by atoms with Gasteiger partial charge in [0.05, 0.1) is 20.6 Å². The van der Waals surface area contributed by atoms with E-state index in [0.717, 1.165) is 0 Å². The molecule has 0 unspecified atom stereocenters. The molecule has 1 rings (SSSR count). The van der Waals surface area contributed by atoms with Gasteiger partial charge < -0.3 is 19.5 Å². The summed E-state index contributed by atoms with van der Waals surface area (Å²) < 4.78 is 9.68. The summed E-state index contributed by atoms with van der Waals surface area (Å²) in [5.74, 6) is 0.0182. The third kappa shape index (κ3) is 5.43. The molecule has 0 aliphatic heterocycles. The molecule has 1 aromatic rings. The van der Waals surface area contributed by atoms with Crippen LogP contribution in [0.2, 0.25) is 0 Å². The van der Waals surface area contributed by atoms with Gasteiger partial charge in [-0.15, -0.1) is 0 Å². The molecule has 116 valence electrons.